The second kappa shape index (κ2) is 4.64. The van der Waals surface area contributed by atoms with Gasteiger partial charge in [-0.25, -0.2) is 0 Å². The van der Waals surface area contributed by atoms with Crippen molar-refractivity contribution >= 4 is 0 Å². The van der Waals surface area contributed by atoms with E-state index in [1.165, 1.54) is 5.57 Å². The number of hydrogen-bond donors (Lipinski definition) is 1. The van der Waals surface area contributed by atoms with Crippen LogP contribution in [0.1, 0.15) is 53.4 Å². The Balaban J connectivity index is 2.38. The summed E-state index contributed by atoms with van der Waals surface area (Å²) < 4.78 is 5.79. The van der Waals surface area contributed by atoms with Gasteiger partial charge in [-0.15, -0.1) is 0 Å². The molecule has 0 aromatic carbocycles. The summed E-state index contributed by atoms with van der Waals surface area (Å²) in [5, 5.41) is 10.8. The van der Waals surface area contributed by atoms with E-state index in [4.69, 9.17) is 4.74 Å². The van der Waals surface area contributed by atoms with Gasteiger partial charge in [0.1, 0.15) is 0 Å². The lowest BCUT2D eigenvalue weighted by atomic mass is 9.77. The molecule has 0 spiro atoms. The highest BCUT2D eigenvalue weighted by Gasteiger charge is 2.51. The molecule has 0 bridgehead atoms. The molecule has 1 saturated carbocycles. The minimum atomic E-state index is -0.548. The zero-order chi connectivity index (χ0) is 13.6. The van der Waals surface area contributed by atoms with Gasteiger partial charge in [-0.3, -0.25) is 0 Å². The van der Waals surface area contributed by atoms with Gasteiger partial charge < -0.3 is 9.84 Å². The van der Waals surface area contributed by atoms with Gasteiger partial charge in [-0.05, 0) is 51.4 Å². The Bertz CT molecular complexity index is 343. The molecule has 104 valence electrons. The van der Waals surface area contributed by atoms with Crippen LogP contribution in [0.5, 0.6) is 0 Å². The average Bonchev–Trinajstić information content (AvgIpc) is 2.55. The molecule has 0 aliphatic heterocycles. The number of methoxy groups -OCH3 is 1. The Morgan fingerprint density at radius 1 is 1.33 bits per heavy atom. The average molecular weight is 252 g/mol. The predicted octanol–water partition coefficient (Wildman–Crippen LogP) is 3.54. The topological polar surface area (TPSA) is 29.5 Å². The van der Waals surface area contributed by atoms with Gasteiger partial charge in [0, 0.05) is 13.0 Å². The number of allylic oxidation sites excluding steroid dienone is 1. The van der Waals surface area contributed by atoms with Gasteiger partial charge in [0.25, 0.3) is 0 Å². The first-order valence-corrected chi connectivity index (χ1v) is 7.28. The molecule has 2 aliphatic rings. The molecule has 0 heterocycles. The Kier molecular flexibility index (Phi) is 3.63. The molecule has 2 rings (SSSR count). The van der Waals surface area contributed by atoms with Crippen LogP contribution < -0.4 is 0 Å². The van der Waals surface area contributed by atoms with Crippen LogP contribution >= 0.6 is 0 Å². The highest BCUT2D eigenvalue weighted by atomic mass is 16.5. The summed E-state index contributed by atoms with van der Waals surface area (Å²) >= 11 is 0. The van der Waals surface area contributed by atoms with Gasteiger partial charge in [-0.2, -0.15) is 0 Å². The Morgan fingerprint density at radius 3 is 2.56 bits per heavy atom. The van der Waals surface area contributed by atoms with E-state index < -0.39 is 5.60 Å². The van der Waals surface area contributed by atoms with Gasteiger partial charge in [0.15, 0.2) is 0 Å². The van der Waals surface area contributed by atoms with Crippen molar-refractivity contribution in [1.29, 1.82) is 0 Å². The molecule has 2 aliphatic carbocycles. The summed E-state index contributed by atoms with van der Waals surface area (Å²) in [6.07, 6.45) is 6.46. The number of fused-ring (bicyclic) bond motifs is 1. The van der Waals surface area contributed by atoms with Gasteiger partial charge in [0.2, 0.25) is 0 Å². The number of rotatable bonds is 2. The Labute approximate surface area is 111 Å². The fraction of sp³-hybridized carbons (Fsp3) is 0.875. The SMILES string of the molecule is COC1(C)CCC2C1C=C(C(C)C)CCC2(C)O. The summed E-state index contributed by atoms with van der Waals surface area (Å²) in [5.74, 6) is 1.28. The van der Waals surface area contributed by atoms with Crippen LogP contribution in [0, 0.1) is 17.8 Å². The van der Waals surface area contributed by atoms with Crippen LogP contribution in [-0.4, -0.2) is 23.4 Å². The number of aliphatic hydroxyl groups is 1. The van der Waals surface area contributed by atoms with E-state index in [1.807, 2.05) is 14.0 Å². The molecule has 0 radical (unpaired) electrons. The zero-order valence-electron chi connectivity index (χ0n) is 12.5. The lowest BCUT2D eigenvalue weighted by Crippen LogP contribution is -2.41. The van der Waals surface area contributed by atoms with Crippen molar-refractivity contribution in [2.75, 3.05) is 7.11 Å². The standard InChI is InChI=1S/C16H28O2/c1-11(2)12-6-8-15(3,17)13-7-9-16(4,18-5)14(13)10-12/h10-11,13-14,17H,6-9H2,1-5H3. The normalized spacial score (nSPS) is 44.7. The van der Waals surface area contributed by atoms with Crippen LogP contribution in [0.25, 0.3) is 0 Å². The second-order valence-electron chi connectivity index (χ2n) is 6.94. The third-order valence-corrected chi connectivity index (χ3v) is 5.41. The Morgan fingerprint density at radius 2 is 2.00 bits per heavy atom. The Hall–Kier alpha value is -0.340. The van der Waals surface area contributed by atoms with Crippen molar-refractivity contribution in [1.82, 2.24) is 0 Å². The fourth-order valence-electron chi connectivity index (χ4n) is 3.82. The van der Waals surface area contributed by atoms with Crippen LogP contribution in [0.2, 0.25) is 0 Å². The van der Waals surface area contributed by atoms with E-state index in [9.17, 15) is 5.11 Å². The first-order valence-electron chi connectivity index (χ1n) is 7.28. The van der Waals surface area contributed by atoms with Crippen molar-refractivity contribution < 1.29 is 9.84 Å². The summed E-state index contributed by atoms with van der Waals surface area (Å²) in [6, 6.07) is 0. The molecule has 4 atom stereocenters. The largest absolute Gasteiger partial charge is 0.390 e. The van der Waals surface area contributed by atoms with E-state index >= 15 is 0 Å². The lowest BCUT2D eigenvalue weighted by molar-refractivity contribution is -0.0580. The maximum atomic E-state index is 10.8. The molecular weight excluding hydrogens is 224 g/mol. The smallest absolute Gasteiger partial charge is 0.0717 e. The van der Waals surface area contributed by atoms with Crippen LogP contribution in [0.4, 0.5) is 0 Å². The molecule has 0 aromatic heterocycles. The molecular formula is C16H28O2. The van der Waals surface area contributed by atoms with E-state index in [-0.39, 0.29) is 5.60 Å². The summed E-state index contributed by atoms with van der Waals surface area (Å²) in [7, 11) is 1.81. The number of hydrogen-bond acceptors (Lipinski definition) is 2. The van der Waals surface area contributed by atoms with Crippen molar-refractivity contribution in [2.45, 2.75) is 64.6 Å². The molecule has 0 amide bonds. The quantitative estimate of drug-likeness (QED) is 0.762. The molecule has 18 heavy (non-hydrogen) atoms. The highest BCUT2D eigenvalue weighted by Crippen LogP contribution is 2.51. The monoisotopic (exact) mass is 252 g/mol. The van der Waals surface area contributed by atoms with E-state index in [2.05, 4.69) is 26.8 Å². The molecule has 1 fully saturated rings. The van der Waals surface area contributed by atoms with Crippen LogP contribution in [-0.2, 0) is 4.74 Å². The number of ether oxygens (including phenoxy) is 1. The first kappa shape index (κ1) is 14.1. The van der Waals surface area contributed by atoms with Crippen molar-refractivity contribution in [3.05, 3.63) is 11.6 Å². The minimum absolute atomic E-state index is 0.0981. The molecule has 2 heteroatoms. The summed E-state index contributed by atoms with van der Waals surface area (Å²) in [6.45, 7) is 8.72. The van der Waals surface area contributed by atoms with Crippen molar-refractivity contribution in [2.24, 2.45) is 17.8 Å². The maximum absolute atomic E-state index is 10.8. The summed E-state index contributed by atoms with van der Waals surface area (Å²) in [4.78, 5) is 0. The van der Waals surface area contributed by atoms with E-state index in [0.29, 0.717) is 17.8 Å². The van der Waals surface area contributed by atoms with Crippen molar-refractivity contribution in [3.8, 4) is 0 Å². The van der Waals surface area contributed by atoms with Crippen molar-refractivity contribution in [3.63, 3.8) is 0 Å². The zero-order valence-corrected chi connectivity index (χ0v) is 12.5. The van der Waals surface area contributed by atoms with Gasteiger partial charge in [-0.1, -0.05) is 25.5 Å². The molecule has 4 unspecified atom stereocenters. The first-order chi connectivity index (χ1) is 8.30. The molecule has 0 saturated heterocycles. The molecule has 2 nitrogen and oxygen atoms in total. The summed E-state index contributed by atoms with van der Waals surface area (Å²) in [5.41, 5.74) is 0.848. The third-order valence-electron chi connectivity index (χ3n) is 5.41. The second-order valence-corrected chi connectivity index (χ2v) is 6.94. The van der Waals surface area contributed by atoms with Gasteiger partial charge >= 0.3 is 0 Å². The van der Waals surface area contributed by atoms with Crippen LogP contribution in [0.3, 0.4) is 0 Å². The fourth-order valence-corrected chi connectivity index (χ4v) is 3.82. The highest BCUT2D eigenvalue weighted by molar-refractivity contribution is 5.19. The minimum Gasteiger partial charge on any atom is -0.390 e. The van der Waals surface area contributed by atoms with E-state index in [0.717, 1.165) is 25.7 Å². The molecule has 1 N–H and O–H groups in total. The third kappa shape index (κ3) is 2.25. The maximum Gasteiger partial charge on any atom is 0.0717 e. The predicted molar refractivity (Wildman–Crippen MR) is 74.4 cm³/mol. The van der Waals surface area contributed by atoms with E-state index in [1.54, 1.807) is 0 Å². The molecule has 0 aromatic rings. The van der Waals surface area contributed by atoms with Crippen LogP contribution in [0.15, 0.2) is 11.6 Å². The van der Waals surface area contributed by atoms with Gasteiger partial charge in [0.05, 0.1) is 11.2 Å². The lowest BCUT2D eigenvalue weighted by Gasteiger charge is -2.36.